The van der Waals surface area contributed by atoms with Crippen LogP contribution >= 0.6 is 0 Å². The molecule has 6 heteroatoms. The van der Waals surface area contributed by atoms with E-state index < -0.39 is 5.91 Å². The lowest BCUT2D eigenvalue weighted by molar-refractivity contribution is -0.125. The second-order valence-corrected chi connectivity index (χ2v) is 5.93. The van der Waals surface area contributed by atoms with E-state index in [1.54, 1.807) is 4.90 Å². The summed E-state index contributed by atoms with van der Waals surface area (Å²) >= 11 is 0. The summed E-state index contributed by atoms with van der Waals surface area (Å²) in [4.78, 5) is 29.4. The predicted molar refractivity (Wildman–Crippen MR) is 89.3 cm³/mol. The second kappa shape index (κ2) is 6.31. The fourth-order valence-electron chi connectivity index (χ4n) is 2.87. The van der Waals surface area contributed by atoms with Gasteiger partial charge in [0.15, 0.2) is 11.5 Å². The molecule has 1 fully saturated rings. The smallest absolute Gasteiger partial charge is 0.271 e. The molecule has 1 aromatic heterocycles. The first-order chi connectivity index (χ1) is 11.5. The molecule has 0 spiro atoms. The lowest BCUT2D eigenvalue weighted by atomic mass is 10.1. The third-order valence-corrected chi connectivity index (χ3v) is 4.21. The van der Waals surface area contributed by atoms with Crippen molar-refractivity contribution in [1.82, 2.24) is 9.88 Å². The third-order valence-electron chi connectivity index (χ3n) is 4.21. The number of hydrogen-bond acceptors (Lipinski definition) is 4. The normalized spacial score (nSPS) is 17.0. The van der Waals surface area contributed by atoms with Gasteiger partial charge < -0.3 is 15.1 Å². The molecule has 0 bridgehead atoms. The second-order valence-electron chi connectivity index (χ2n) is 5.93. The van der Waals surface area contributed by atoms with Gasteiger partial charge in [-0.15, -0.1) is 0 Å². The first-order valence-electron chi connectivity index (χ1n) is 7.78. The van der Waals surface area contributed by atoms with Crippen molar-refractivity contribution < 1.29 is 14.0 Å². The standard InChI is InChI=1S/C18H19N3O3/c1-3-14(22)21-9-8-13(10-21)18-20-15(17(19)23)16(24-18)12-6-4-11(2)5-7-12/h3-7,13H,1,8-10H2,2H3,(H2,19,23). The van der Waals surface area contributed by atoms with Crippen LogP contribution in [0.4, 0.5) is 0 Å². The molecule has 0 radical (unpaired) electrons. The summed E-state index contributed by atoms with van der Waals surface area (Å²) in [7, 11) is 0. The Morgan fingerprint density at radius 2 is 2.08 bits per heavy atom. The van der Waals surface area contributed by atoms with E-state index in [0.29, 0.717) is 24.7 Å². The highest BCUT2D eigenvalue weighted by Gasteiger charge is 2.31. The molecule has 1 atom stereocenters. The highest BCUT2D eigenvalue weighted by atomic mass is 16.4. The van der Waals surface area contributed by atoms with Crippen LogP contribution in [0.2, 0.25) is 0 Å². The SMILES string of the molecule is C=CC(=O)N1CCC(c2nc(C(N)=O)c(-c3ccc(C)cc3)o2)C1. The van der Waals surface area contributed by atoms with Crippen LogP contribution in [0.5, 0.6) is 0 Å². The van der Waals surface area contributed by atoms with E-state index in [9.17, 15) is 9.59 Å². The maximum absolute atomic E-state index is 11.7. The molecule has 24 heavy (non-hydrogen) atoms. The Morgan fingerprint density at radius 3 is 2.71 bits per heavy atom. The van der Waals surface area contributed by atoms with E-state index in [-0.39, 0.29) is 17.5 Å². The van der Waals surface area contributed by atoms with Crippen molar-refractivity contribution >= 4 is 11.8 Å². The summed E-state index contributed by atoms with van der Waals surface area (Å²) in [5.74, 6) is 0.0338. The molecule has 1 saturated heterocycles. The Bertz CT molecular complexity index is 792. The first-order valence-corrected chi connectivity index (χ1v) is 7.78. The zero-order chi connectivity index (χ0) is 17.3. The molecule has 3 rings (SSSR count). The van der Waals surface area contributed by atoms with Gasteiger partial charge in [-0.3, -0.25) is 9.59 Å². The quantitative estimate of drug-likeness (QED) is 0.873. The summed E-state index contributed by atoms with van der Waals surface area (Å²) in [5.41, 5.74) is 7.44. The van der Waals surface area contributed by atoms with Gasteiger partial charge in [-0.1, -0.05) is 36.4 Å². The number of nitrogens with zero attached hydrogens (tertiary/aromatic N) is 2. The van der Waals surface area contributed by atoms with Gasteiger partial charge in [0.2, 0.25) is 11.8 Å². The van der Waals surface area contributed by atoms with Crippen molar-refractivity contribution in [3.63, 3.8) is 0 Å². The van der Waals surface area contributed by atoms with Crippen LogP contribution in [0.15, 0.2) is 41.3 Å². The van der Waals surface area contributed by atoms with Crippen LogP contribution in [-0.4, -0.2) is 34.8 Å². The minimum atomic E-state index is -0.627. The monoisotopic (exact) mass is 325 g/mol. The first kappa shape index (κ1) is 16.0. The van der Waals surface area contributed by atoms with E-state index >= 15 is 0 Å². The number of oxazole rings is 1. The minimum Gasteiger partial charge on any atom is -0.439 e. The molecular weight excluding hydrogens is 306 g/mol. The molecule has 2 heterocycles. The highest BCUT2D eigenvalue weighted by molar-refractivity contribution is 5.96. The molecule has 1 aliphatic heterocycles. The summed E-state index contributed by atoms with van der Waals surface area (Å²) in [6, 6.07) is 7.60. The van der Waals surface area contributed by atoms with Crippen LogP contribution < -0.4 is 5.73 Å². The Kier molecular flexibility index (Phi) is 4.20. The average Bonchev–Trinajstić information content (AvgIpc) is 3.21. The van der Waals surface area contributed by atoms with Gasteiger partial charge in [0, 0.05) is 18.7 Å². The van der Waals surface area contributed by atoms with Gasteiger partial charge in [0.05, 0.1) is 5.92 Å². The number of aryl methyl sites for hydroxylation is 1. The Hall–Kier alpha value is -2.89. The molecule has 1 aromatic carbocycles. The lowest BCUT2D eigenvalue weighted by Gasteiger charge is -2.12. The largest absolute Gasteiger partial charge is 0.439 e. The number of primary amides is 1. The van der Waals surface area contributed by atoms with Crippen molar-refractivity contribution in [2.45, 2.75) is 19.3 Å². The number of carbonyl (C=O) groups excluding carboxylic acids is 2. The average molecular weight is 325 g/mol. The van der Waals surface area contributed by atoms with Crippen LogP contribution in [0.3, 0.4) is 0 Å². The fraction of sp³-hybridized carbons (Fsp3) is 0.278. The number of rotatable bonds is 4. The predicted octanol–water partition coefficient (Wildman–Crippen LogP) is 2.25. The van der Waals surface area contributed by atoms with E-state index in [0.717, 1.165) is 17.5 Å². The summed E-state index contributed by atoms with van der Waals surface area (Å²) in [5, 5.41) is 0. The van der Waals surface area contributed by atoms with Crippen molar-refractivity contribution in [1.29, 1.82) is 0 Å². The number of benzene rings is 1. The van der Waals surface area contributed by atoms with Crippen LogP contribution in [0.1, 0.15) is 34.3 Å². The van der Waals surface area contributed by atoms with E-state index in [4.69, 9.17) is 10.2 Å². The molecule has 0 aliphatic carbocycles. The van der Waals surface area contributed by atoms with Gasteiger partial charge in [-0.2, -0.15) is 0 Å². The van der Waals surface area contributed by atoms with Crippen LogP contribution in [0.25, 0.3) is 11.3 Å². The molecule has 2 aromatic rings. The minimum absolute atomic E-state index is 0.0498. The maximum Gasteiger partial charge on any atom is 0.271 e. The summed E-state index contributed by atoms with van der Waals surface area (Å²) < 4.78 is 5.87. The molecule has 1 unspecified atom stereocenters. The number of carbonyl (C=O) groups is 2. The highest BCUT2D eigenvalue weighted by Crippen LogP contribution is 2.32. The van der Waals surface area contributed by atoms with Crippen LogP contribution in [-0.2, 0) is 4.79 Å². The molecule has 2 amide bonds. The number of amides is 2. The Morgan fingerprint density at radius 1 is 1.38 bits per heavy atom. The molecule has 124 valence electrons. The third kappa shape index (κ3) is 2.95. The topological polar surface area (TPSA) is 89.4 Å². The fourth-order valence-corrected chi connectivity index (χ4v) is 2.87. The van der Waals surface area contributed by atoms with E-state index in [1.165, 1.54) is 6.08 Å². The molecular formula is C18H19N3O3. The van der Waals surface area contributed by atoms with Crippen LogP contribution in [0, 0.1) is 6.92 Å². The number of nitrogens with two attached hydrogens (primary N) is 1. The van der Waals surface area contributed by atoms with Crippen molar-refractivity contribution in [2.75, 3.05) is 13.1 Å². The number of aromatic nitrogens is 1. The van der Waals surface area contributed by atoms with Crippen molar-refractivity contribution in [2.24, 2.45) is 5.73 Å². The summed E-state index contributed by atoms with van der Waals surface area (Å²) in [6.07, 6.45) is 2.02. The van der Waals surface area contributed by atoms with Gasteiger partial charge in [-0.25, -0.2) is 4.98 Å². The van der Waals surface area contributed by atoms with Gasteiger partial charge in [0.1, 0.15) is 0 Å². The van der Waals surface area contributed by atoms with Gasteiger partial charge in [0.25, 0.3) is 5.91 Å². The summed E-state index contributed by atoms with van der Waals surface area (Å²) in [6.45, 7) is 6.59. The molecule has 1 aliphatic rings. The zero-order valence-electron chi connectivity index (χ0n) is 13.5. The van der Waals surface area contributed by atoms with Gasteiger partial charge >= 0.3 is 0 Å². The van der Waals surface area contributed by atoms with E-state index in [1.807, 2.05) is 31.2 Å². The maximum atomic E-state index is 11.7. The molecule has 6 nitrogen and oxygen atoms in total. The molecule has 0 saturated carbocycles. The molecule has 2 N–H and O–H groups in total. The van der Waals surface area contributed by atoms with E-state index in [2.05, 4.69) is 11.6 Å². The van der Waals surface area contributed by atoms with Crippen molar-refractivity contribution in [3.8, 4) is 11.3 Å². The van der Waals surface area contributed by atoms with Gasteiger partial charge in [-0.05, 0) is 19.4 Å². The number of likely N-dealkylation sites (tertiary alicyclic amines) is 1. The van der Waals surface area contributed by atoms with Crippen molar-refractivity contribution in [3.05, 3.63) is 54.1 Å². The lowest BCUT2D eigenvalue weighted by Crippen LogP contribution is -2.26. The Labute approximate surface area is 140 Å². The Balaban J connectivity index is 1.92. The zero-order valence-corrected chi connectivity index (χ0v) is 13.5. The number of hydrogen-bond donors (Lipinski definition) is 1.